The van der Waals surface area contributed by atoms with Gasteiger partial charge in [-0.25, -0.2) is 4.79 Å². The number of carbonyl (C=O) groups excluding carboxylic acids is 3. The molecule has 0 fully saturated rings. The van der Waals surface area contributed by atoms with Gasteiger partial charge in [0.15, 0.2) is 13.2 Å². The number of amides is 2. The molecular weight excluding hydrogens is 496 g/mol. The highest BCUT2D eigenvalue weighted by Gasteiger charge is 2.22. The SMILES string of the molecule is COc1cc(Cl)ccc1NC(=O)COc1ccccc1C(=O)OCC(=O)NC1CCCc2ccccc21. The monoisotopic (exact) mass is 522 g/mol. The normalized spacial score (nSPS) is 14.2. The summed E-state index contributed by atoms with van der Waals surface area (Å²) in [6, 6.07) is 19.1. The molecule has 0 spiro atoms. The van der Waals surface area contributed by atoms with Gasteiger partial charge in [-0.2, -0.15) is 0 Å². The lowest BCUT2D eigenvalue weighted by Crippen LogP contribution is -2.34. The van der Waals surface area contributed by atoms with Crippen molar-refractivity contribution in [3.63, 3.8) is 0 Å². The molecule has 0 heterocycles. The van der Waals surface area contributed by atoms with Crippen LogP contribution in [0.1, 0.15) is 40.4 Å². The van der Waals surface area contributed by atoms with Gasteiger partial charge in [0.1, 0.15) is 17.1 Å². The van der Waals surface area contributed by atoms with Gasteiger partial charge < -0.3 is 24.8 Å². The van der Waals surface area contributed by atoms with Crippen molar-refractivity contribution >= 4 is 35.1 Å². The molecule has 192 valence electrons. The fourth-order valence-electron chi connectivity index (χ4n) is 4.21. The number of aryl methyl sites for hydroxylation is 1. The predicted molar refractivity (Wildman–Crippen MR) is 139 cm³/mol. The van der Waals surface area contributed by atoms with Crippen molar-refractivity contribution in [2.45, 2.75) is 25.3 Å². The molecule has 1 unspecified atom stereocenters. The summed E-state index contributed by atoms with van der Waals surface area (Å²) in [5, 5.41) is 6.10. The van der Waals surface area contributed by atoms with E-state index < -0.39 is 18.5 Å². The van der Waals surface area contributed by atoms with Crippen molar-refractivity contribution in [1.82, 2.24) is 5.32 Å². The van der Waals surface area contributed by atoms with Crippen molar-refractivity contribution in [2.24, 2.45) is 0 Å². The zero-order chi connectivity index (χ0) is 26.2. The highest BCUT2D eigenvalue weighted by atomic mass is 35.5. The van der Waals surface area contributed by atoms with Gasteiger partial charge in [0.2, 0.25) is 0 Å². The Morgan fingerprint density at radius 1 is 0.946 bits per heavy atom. The van der Waals surface area contributed by atoms with Crippen LogP contribution in [0.25, 0.3) is 0 Å². The van der Waals surface area contributed by atoms with Gasteiger partial charge in [-0.05, 0) is 54.7 Å². The van der Waals surface area contributed by atoms with Crippen molar-refractivity contribution < 1.29 is 28.6 Å². The summed E-state index contributed by atoms with van der Waals surface area (Å²) in [5.74, 6) is -1.01. The molecule has 1 atom stereocenters. The molecule has 0 saturated heterocycles. The molecule has 3 aromatic rings. The molecule has 0 radical (unpaired) electrons. The number of esters is 1. The molecule has 2 amide bonds. The van der Waals surface area contributed by atoms with E-state index in [1.54, 1.807) is 36.4 Å². The zero-order valence-electron chi connectivity index (χ0n) is 20.3. The van der Waals surface area contributed by atoms with Crippen molar-refractivity contribution in [3.8, 4) is 11.5 Å². The first-order valence-corrected chi connectivity index (χ1v) is 12.2. The summed E-state index contributed by atoms with van der Waals surface area (Å²) in [6.45, 7) is -0.791. The van der Waals surface area contributed by atoms with Crippen LogP contribution >= 0.6 is 11.6 Å². The Balaban J connectivity index is 1.31. The number of anilines is 1. The van der Waals surface area contributed by atoms with Crippen molar-refractivity contribution in [2.75, 3.05) is 25.6 Å². The third-order valence-electron chi connectivity index (χ3n) is 5.94. The molecule has 9 heteroatoms. The summed E-state index contributed by atoms with van der Waals surface area (Å²) in [5.41, 5.74) is 2.86. The lowest BCUT2D eigenvalue weighted by Gasteiger charge is -2.26. The quantitative estimate of drug-likeness (QED) is 0.394. The Hall–Kier alpha value is -4.04. The zero-order valence-corrected chi connectivity index (χ0v) is 21.0. The largest absolute Gasteiger partial charge is 0.495 e. The van der Waals surface area contributed by atoms with E-state index in [2.05, 4.69) is 16.7 Å². The van der Waals surface area contributed by atoms with E-state index in [1.807, 2.05) is 18.2 Å². The maximum atomic E-state index is 12.7. The van der Waals surface area contributed by atoms with Gasteiger partial charge in [0.25, 0.3) is 11.8 Å². The fraction of sp³-hybridized carbons (Fsp3) is 0.250. The number of methoxy groups -OCH3 is 1. The summed E-state index contributed by atoms with van der Waals surface area (Å²) in [6.07, 6.45) is 2.79. The van der Waals surface area contributed by atoms with Gasteiger partial charge in [0, 0.05) is 11.1 Å². The minimum absolute atomic E-state index is 0.107. The number of hydrogen-bond acceptors (Lipinski definition) is 6. The topological polar surface area (TPSA) is 103 Å². The summed E-state index contributed by atoms with van der Waals surface area (Å²) in [4.78, 5) is 37.6. The molecule has 2 N–H and O–H groups in total. The van der Waals surface area contributed by atoms with E-state index >= 15 is 0 Å². The first kappa shape index (κ1) is 26.0. The molecule has 3 aromatic carbocycles. The minimum Gasteiger partial charge on any atom is -0.495 e. The molecule has 8 nitrogen and oxygen atoms in total. The van der Waals surface area contributed by atoms with Crippen molar-refractivity contribution in [3.05, 3.63) is 88.4 Å². The number of carbonyl (C=O) groups is 3. The number of hydrogen-bond donors (Lipinski definition) is 2. The van der Waals surface area contributed by atoms with Gasteiger partial charge in [-0.1, -0.05) is 48.0 Å². The average molecular weight is 523 g/mol. The molecule has 1 aliphatic rings. The number of fused-ring (bicyclic) bond motifs is 1. The molecule has 1 aliphatic carbocycles. The summed E-state index contributed by atoms with van der Waals surface area (Å²) >= 11 is 5.95. The highest BCUT2D eigenvalue weighted by Crippen LogP contribution is 2.30. The number of halogens is 1. The Morgan fingerprint density at radius 3 is 2.57 bits per heavy atom. The Labute approximate surface area is 219 Å². The Bertz CT molecular complexity index is 1300. The number of para-hydroxylation sites is 1. The second-order valence-electron chi connectivity index (χ2n) is 8.46. The average Bonchev–Trinajstić information content (AvgIpc) is 2.92. The van der Waals surface area contributed by atoms with Crippen LogP contribution in [-0.4, -0.2) is 38.1 Å². The first-order chi connectivity index (χ1) is 17.9. The molecule has 4 rings (SSSR count). The maximum Gasteiger partial charge on any atom is 0.342 e. The Kier molecular flexibility index (Phi) is 8.64. The number of ether oxygens (including phenoxy) is 3. The molecule has 0 saturated carbocycles. The Morgan fingerprint density at radius 2 is 1.73 bits per heavy atom. The predicted octanol–water partition coefficient (Wildman–Crippen LogP) is 4.72. The van der Waals surface area contributed by atoms with Gasteiger partial charge in [-0.15, -0.1) is 0 Å². The van der Waals surface area contributed by atoms with Crippen LogP contribution in [-0.2, 0) is 20.7 Å². The van der Waals surface area contributed by atoms with Crippen LogP contribution < -0.4 is 20.1 Å². The molecule has 37 heavy (non-hydrogen) atoms. The number of nitrogens with one attached hydrogen (secondary N) is 2. The smallest absolute Gasteiger partial charge is 0.342 e. The van der Waals surface area contributed by atoms with Crippen LogP contribution in [0.2, 0.25) is 5.02 Å². The lowest BCUT2D eigenvalue weighted by molar-refractivity contribution is -0.125. The summed E-state index contributed by atoms with van der Waals surface area (Å²) < 4.78 is 16.0. The fourth-order valence-corrected chi connectivity index (χ4v) is 4.37. The molecule has 0 aromatic heterocycles. The van der Waals surface area contributed by atoms with E-state index in [0.717, 1.165) is 24.8 Å². The second kappa shape index (κ2) is 12.3. The van der Waals surface area contributed by atoms with Crippen LogP contribution in [0, 0.1) is 0 Å². The van der Waals surface area contributed by atoms with Gasteiger partial charge in [0.05, 0.1) is 18.8 Å². The lowest BCUT2D eigenvalue weighted by atomic mass is 9.88. The first-order valence-electron chi connectivity index (χ1n) is 11.8. The molecular formula is C28H27ClN2O6. The van der Waals surface area contributed by atoms with E-state index in [9.17, 15) is 14.4 Å². The van der Waals surface area contributed by atoms with Crippen LogP contribution in [0.4, 0.5) is 5.69 Å². The third kappa shape index (κ3) is 6.80. The van der Waals surface area contributed by atoms with Crippen LogP contribution in [0.5, 0.6) is 11.5 Å². The standard InChI is InChI=1S/C28H27ClN2O6/c1-35-25-15-19(29)13-14-23(25)31-26(32)16-36-24-12-5-4-10-21(24)28(34)37-17-27(33)30-22-11-6-8-18-7-2-3-9-20(18)22/h2-5,7,9-10,12-15,22H,6,8,11,16-17H2,1H3,(H,30,33)(H,31,32). The molecule has 0 bridgehead atoms. The number of benzene rings is 3. The summed E-state index contributed by atoms with van der Waals surface area (Å²) in [7, 11) is 1.47. The van der Waals surface area contributed by atoms with E-state index in [-0.39, 0.29) is 29.9 Å². The maximum absolute atomic E-state index is 12.7. The minimum atomic E-state index is -0.727. The van der Waals surface area contributed by atoms with E-state index in [4.69, 9.17) is 25.8 Å². The number of rotatable bonds is 9. The van der Waals surface area contributed by atoms with Gasteiger partial charge in [-0.3, -0.25) is 9.59 Å². The molecule has 0 aliphatic heterocycles. The van der Waals surface area contributed by atoms with Crippen LogP contribution in [0.15, 0.2) is 66.7 Å². The highest BCUT2D eigenvalue weighted by molar-refractivity contribution is 6.30. The van der Waals surface area contributed by atoms with Crippen LogP contribution in [0.3, 0.4) is 0 Å². The third-order valence-corrected chi connectivity index (χ3v) is 6.18. The second-order valence-corrected chi connectivity index (χ2v) is 8.90. The van der Waals surface area contributed by atoms with Crippen molar-refractivity contribution in [1.29, 1.82) is 0 Å². The van der Waals surface area contributed by atoms with E-state index in [1.165, 1.54) is 18.7 Å². The van der Waals surface area contributed by atoms with E-state index in [0.29, 0.717) is 16.5 Å². The van der Waals surface area contributed by atoms with Gasteiger partial charge >= 0.3 is 5.97 Å².